The predicted molar refractivity (Wildman–Crippen MR) is 74.1 cm³/mol. The van der Waals surface area contributed by atoms with Crippen LogP contribution in [-0.4, -0.2) is 26.8 Å². The number of nitrogens with zero attached hydrogens (tertiary/aromatic N) is 3. The van der Waals surface area contributed by atoms with Crippen LogP contribution in [0.4, 0.5) is 0 Å². The standard InChI is InChI=1S/C14H18N4O2/c1-9-12-7-10(8-15-13(12)18(2)16-9)14(19)17-20-11-5-3-4-6-11/h7-8,11H,3-6H2,1-2H3,(H,17,19). The molecule has 20 heavy (non-hydrogen) atoms. The summed E-state index contributed by atoms with van der Waals surface area (Å²) in [7, 11) is 1.84. The third-order valence-corrected chi connectivity index (χ3v) is 3.75. The summed E-state index contributed by atoms with van der Waals surface area (Å²) in [6, 6.07) is 1.80. The van der Waals surface area contributed by atoms with E-state index in [0.717, 1.165) is 29.6 Å². The second kappa shape index (κ2) is 5.20. The van der Waals surface area contributed by atoms with E-state index < -0.39 is 0 Å². The van der Waals surface area contributed by atoms with Gasteiger partial charge in [0, 0.05) is 18.6 Å². The number of rotatable bonds is 3. The molecule has 1 aliphatic carbocycles. The number of nitrogens with one attached hydrogen (secondary N) is 1. The fourth-order valence-electron chi connectivity index (χ4n) is 2.63. The third-order valence-electron chi connectivity index (χ3n) is 3.75. The fourth-order valence-corrected chi connectivity index (χ4v) is 2.63. The number of hydroxylamine groups is 1. The maximum Gasteiger partial charge on any atom is 0.276 e. The summed E-state index contributed by atoms with van der Waals surface area (Å²) < 4.78 is 1.71. The summed E-state index contributed by atoms with van der Waals surface area (Å²) in [6.07, 6.45) is 6.07. The molecule has 1 saturated carbocycles. The Morgan fingerprint density at radius 1 is 1.45 bits per heavy atom. The number of fused-ring (bicyclic) bond motifs is 1. The molecule has 0 radical (unpaired) electrons. The second-order valence-corrected chi connectivity index (χ2v) is 5.26. The van der Waals surface area contributed by atoms with Gasteiger partial charge in [-0.05, 0) is 25.8 Å². The van der Waals surface area contributed by atoms with Crippen LogP contribution >= 0.6 is 0 Å². The zero-order valence-electron chi connectivity index (χ0n) is 11.7. The van der Waals surface area contributed by atoms with Gasteiger partial charge in [0.2, 0.25) is 0 Å². The normalized spacial score (nSPS) is 15.9. The highest BCUT2D eigenvalue weighted by Crippen LogP contribution is 2.20. The Labute approximate surface area is 117 Å². The Morgan fingerprint density at radius 2 is 2.20 bits per heavy atom. The first-order valence-electron chi connectivity index (χ1n) is 6.90. The van der Waals surface area contributed by atoms with Crippen LogP contribution in [-0.2, 0) is 11.9 Å². The zero-order valence-corrected chi connectivity index (χ0v) is 11.7. The summed E-state index contributed by atoms with van der Waals surface area (Å²) in [5, 5.41) is 5.18. The number of hydrogen-bond donors (Lipinski definition) is 1. The van der Waals surface area contributed by atoms with Crippen molar-refractivity contribution in [2.24, 2.45) is 7.05 Å². The van der Waals surface area contributed by atoms with Crippen molar-refractivity contribution in [1.82, 2.24) is 20.2 Å². The summed E-state index contributed by atoms with van der Waals surface area (Å²) in [4.78, 5) is 21.8. The van der Waals surface area contributed by atoms with Crippen molar-refractivity contribution < 1.29 is 9.63 Å². The van der Waals surface area contributed by atoms with Crippen LogP contribution in [0.25, 0.3) is 11.0 Å². The van der Waals surface area contributed by atoms with E-state index >= 15 is 0 Å². The first kappa shape index (κ1) is 13.1. The smallest absolute Gasteiger partial charge is 0.270 e. The van der Waals surface area contributed by atoms with Crippen molar-refractivity contribution in [2.75, 3.05) is 0 Å². The molecule has 2 heterocycles. The minimum absolute atomic E-state index is 0.149. The van der Waals surface area contributed by atoms with E-state index in [2.05, 4.69) is 15.6 Å². The molecular weight excluding hydrogens is 256 g/mol. The maximum absolute atomic E-state index is 12.1. The Morgan fingerprint density at radius 3 is 2.95 bits per heavy atom. The first-order chi connectivity index (χ1) is 9.65. The quantitative estimate of drug-likeness (QED) is 0.868. The van der Waals surface area contributed by atoms with E-state index in [1.54, 1.807) is 16.9 Å². The highest BCUT2D eigenvalue weighted by Gasteiger charge is 2.18. The fraction of sp³-hybridized carbons (Fsp3) is 0.500. The molecule has 6 heteroatoms. The molecular formula is C14H18N4O2. The summed E-state index contributed by atoms with van der Waals surface area (Å²) in [5.74, 6) is -0.255. The van der Waals surface area contributed by atoms with Gasteiger partial charge >= 0.3 is 0 Å². The number of amides is 1. The number of carbonyl (C=O) groups is 1. The lowest BCUT2D eigenvalue weighted by atomic mass is 10.2. The van der Waals surface area contributed by atoms with Crippen LogP contribution in [0.5, 0.6) is 0 Å². The molecule has 2 aromatic heterocycles. The SMILES string of the molecule is Cc1nn(C)c2ncc(C(=O)NOC3CCCC3)cc12. The Kier molecular flexibility index (Phi) is 3.40. The summed E-state index contributed by atoms with van der Waals surface area (Å²) in [5.41, 5.74) is 4.65. The Balaban J connectivity index is 1.75. The topological polar surface area (TPSA) is 69.0 Å². The molecule has 0 spiro atoms. The lowest BCUT2D eigenvalue weighted by Crippen LogP contribution is -2.28. The highest BCUT2D eigenvalue weighted by atomic mass is 16.7. The minimum Gasteiger partial charge on any atom is -0.270 e. The van der Waals surface area contributed by atoms with Gasteiger partial charge in [0.05, 0.1) is 17.4 Å². The molecule has 1 N–H and O–H groups in total. The number of hydrogen-bond acceptors (Lipinski definition) is 4. The van der Waals surface area contributed by atoms with Gasteiger partial charge in [0.15, 0.2) is 5.65 Å². The summed E-state index contributed by atoms with van der Waals surface area (Å²) >= 11 is 0. The van der Waals surface area contributed by atoms with Crippen LogP contribution in [0.2, 0.25) is 0 Å². The molecule has 0 aliphatic heterocycles. The molecule has 0 bridgehead atoms. The number of carbonyl (C=O) groups excluding carboxylic acids is 1. The average Bonchev–Trinajstić information content (AvgIpc) is 3.05. The maximum atomic E-state index is 12.1. The van der Waals surface area contributed by atoms with E-state index in [4.69, 9.17) is 4.84 Å². The summed E-state index contributed by atoms with van der Waals surface area (Å²) in [6.45, 7) is 1.90. The first-order valence-corrected chi connectivity index (χ1v) is 6.90. The van der Waals surface area contributed by atoms with E-state index in [1.807, 2.05) is 14.0 Å². The van der Waals surface area contributed by atoms with Gasteiger partial charge in [0.1, 0.15) is 0 Å². The zero-order chi connectivity index (χ0) is 14.1. The van der Waals surface area contributed by atoms with Gasteiger partial charge in [-0.3, -0.25) is 14.3 Å². The van der Waals surface area contributed by atoms with Gasteiger partial charge in [-0.25, -0.2) is 10.5 Å². The van der Waals surface area contributed by atoms with Crippen molar-refractivity contribution in [3.63, 3.8) is 0 Å². The molecule has 1 fully saturated rings. The molecule has 0 aromatic carbocycles. The molecule has 3 rings (SSSR count). The number of aryl methyl sites for hydroxylation is 2. The Hall–Kier alpha value is -1.95. The molecule has 6 nitrogen and oxygen atoms in total. The van der Waals surface area contributed by atoms with Gasteiger partial charge in [-0.2, -0.15) is 5.10 Å². The molecule has 2 aromatic rings. The lowest BCUT2D eigenvalue weighted by Gasteiger charge is -2.11. The second-order valence-electron chi connectivity index (χ2n) is 5.26. The molecule has 1 amide bonds. The van der Waals surface area contributed by atoms with Gasteiger partial charge < -0.3 is 0 Å². The van der Waals surface area contributed by atoms with Crippen molar-refractivity contribution in [3.05, 3.63) is 23.5 Å². The van der Waals surface area contributed by atoms with E-state index in [0.29, 0.717) is 5.56 Å². The van der Waals surface area contributed by atoms with Crippen LogP contribution in [0, 0.1) is 6.92 Å². The van der Waals surface area contributed by atoms with Crippen LogP contribution in [0.15, 0.2) is 12.3 Å². The largest absolute Gasteiger partial charge is 0.276 e. The molecule has 0 saturated heterocycles. The highest BCUT2D eigenvalue weighted by molar-refractivity contribution is 5.96. The van der Waals surface area contributed by atoms with Gasteiger partial charge in [-0.15, -0.1) is 0 Å². The van der Waals surface area contributed by atoms with E-state index in [-0.39, 0.29) is 12.0 Å². The lowest BCUT2D eigenvalue weighted by molar-refractivity contribution is -0.0125. The monoisotopic (exact) mass is 274 g/mol. The van der Waals surface area contributed by atoms with E-state index in [9.17, 15) is 4.79 Å². The van der Waals surface area contributed by atoms with Crippen molar-refractivity contribution >= 4 is 16.9 Å². The van der Waals surface area contributed by atoms with Crippen LogP contribution in [0.1, 0.15) is 41.7 Å². The third kappa shape index (κ3) is 2.38. The van der Waals surface area contributed by atoms with Crippen molar-refractivity contribution in [1.29, 1.82) is 0 Å². The van der Waals surface area contributed by atoms with Gasteiger partial charge in [0.25, 0.3) is 5.91 Å². The Bertz CT molecular complexity index is 644. The molecule has 0 unspecified atom stereocenters. The van der Waals surface area contributed by atoms with Crippen molar-refractivity contribution in [2.45, 2.75) is 38.7 Å². The van der Waals surface area contributed by atoms with Crippen molar-refractivity contribution in [3.8, 4) is 0 Å². The molecule has 0 atom stereocenters. The minimum atomic E-state index is -0.255. The molecule has 106 valence electrons. The molecule has 1 aliphatic rings. The predicted octanol–water partition coefficient (Wildman–Crippen LogP) is 1.88. The number of pyridine rings is 1. The van der Waals surface area contributed by atoms with Crippen LogP contribution in [0.3, 0.4) is 0 Å². The van der Waals surface area contributed by atoms with Gasteiger partial charge in [-0.1, -0.05) is 12.8 Å². The number of aromatic nitrogens is 3. The van der Waals surface area contributed by atoms with Crippen LogP contribution < -0.4 is 5.48 Å². The average molecular weight is 274 g/mol. The van der Waals surface area contributed by atoms with E-state index in [1.165, 1.54) is 12.8 Å².